The number of likely N-dealkylation sites (tertiary alicyclic amines) is 2. The zero-order valence-electron chi connectivity index (χ0n) is 14.7. The summed E-state index contributed by atoms with van der Waals surface area (Å²) < 4.78 is 5.55. The number of furan rings is 1. The van der Waals surface area contributed by atoms with Gasteiger partial charge in [0.15, 0.2) is 5.58 Å². The van der Waals surface area contributed by atoms with Crippen molar-refractivity contribution in [1.29, 1.82) is 5.26 Å². The summed E-state index contributed by atoms with van der Waals surface area (Å²) >= 11 is 0. The van der Waals surface area contributed by atoms with Crippen molar-refractivity contribution >= 4 is 22.6 Å². The molecule has 0 saturated carbocycles. The van der Waals surface area contributed by atoms with E-state index in [1.165, 1.54) is 0 Å². The zero-order chi connectivity index (χ0) is 17.9. The van der Waals surface area contributed by atoms with Gasteiger partial charge in [-0.05, 0) is 31.7 Å². The van der Waals surface area contributed by atoms with Crippen LogP contribution in [0.2, 0.25) is 0 Å². The minimum atomic E-state index is -0.233. The molecule has 0 aromatic carbocycles. The number of nitrogens with one attached hydrogen (secondary N) is 1. The molecule has 26 heavy (non-hydrogen) atoms. The summed E-state index contributed by atoms with van der Waals surface area (Å²) in [6, 6.07) is 4.26. The smallest absolute Gasteiger partial charge is 0.237 e. The third kappa shape index (κ3) is 3.37. The van der Waals surface area contributed by atoms with E-state index in [1.807, 2.05) is 6.07 Å². The van der Waals surface area contributed by atoms with Gasteiger partial charge in [-0.3, -0.25) is 14.7 Å². The van der Waals surface area contributed by atoms with Crippen molar-refractivity contribution in [3.05, 3.63) is 24.7 Å². The van der Waals surface area contributed by atoms with Crippen molar-refractivity contribution in [2.45, 2.75) is 37.8 Å². The zero-order valence-corrected chi connectivity index (χ0v) is 14.7. The molecule has 2 saturated heterocycles. The van der Waals surface area contributed by atoms with E-state index in [1.54, 1.807) is 23.6 Å². The molecule has 0 radical (unpaired) electrons. The van der Waals surface area contributed by atoms with E-state index in [2.05, 4.69) is 21.3 Å². The SMILES string of the molecule is N#CC1CCCN1C(=O)CN1CCC(Nc2cncc3ccoc23)CC1. The van der Waals surface area contributed by atoms with E-state index >= 15 is 0 Å². The average Bonchev–Trinajstić information content (AvgIpc) is 3.32. The lowest BCUT2D eigenvalue weighted by Gasteiger charge is -2.33. The van der Waals surface area contributed by atoms with E-state index in [0.717, 1.165) is 62.0 Å². The Balaban J connectivity index is 1.30. The standard InChI is InChI=1S/C19H23N5O2/c20-10-16-2-1-6-24(16)18(25)13-23-7-3-15(4-8-23)22-17-12-21-11-14-5-9-26-19(14)17/h5,9,11-12,15-16,22H,1-4,6-8,13H2. The molecule has 2 aromatic heterocycles. The topological polar surface area (TPSA) is 85.4 Å². The van der Waals surface area contributed by atoms with Crippen LogP contribution in [0, 0.1) is 11.3 Å². The second-order valence-corrected chi connectivity index (χ2v) is 7.10. The molecule has 2 aliphatic heterocycles. The molecule has 2 fully saturated rings. The van der Waals surface area contributed by atoms with Crippen LogP contribution in [0.1, 0.15) is 25.7 Å². The largest absolute Gasteiger partial charge is 0.462 e. The molecule has 2 aliphatic rings. The van der Waals surface area contributed by atoms with Gasteiger partial charge in [0.25, 0.3) is 0 Å². The number of carbonyl (C=O) groups is 1. The molecule has 2 aromatic rings. The van der Waals surface area contributed by atoms with Gasteiger partial charge in [0.05, 0.1) is 30.8 Å². The second-order valence-electron chi connectivity index (χ2n) is 7.10. The Morgan fingerprint density at radius 1 is 1.31 bits per heavy atom. The van der Waals surface area contributed by atoms with Crippen molar-refractivity contribution in [2.75, 3.05) is 31.5 Å². The molecule has 0 aliphatic carbocycles. The molecule has 0 bridgehead atoms. The fourth-order valence-corrected chi connectivity index (χ4v) is 3.93. The molecule has 7 heteroatoms. The Morgan fingerprint density at radius 2 is 2.15 bits per heavy atom. The number of aromatic nitrogens is 1. The number of nitrogens with zero attached hydrogens (tertiary/aromatic N) is 4. The number of rotatable bonds is 4. The van der Waals surface area contributed by atoms with Gasteiger partial charge < -0.3 is 14.6 Å². The predicted molar refractivity (Wildman–Crippen MR) is 97.4 cm³/mol. The fourth-order valence-electron chi connectivity index (χ4n) is 3.93. The maximum absolute atomic E-state index is 12.5. The van der Waals surface area contributed by atoms with Crippen LogP contribution in [0.15, 0.2) is 29.1 Å². The van der Waals surface area contributed by atoms with Crippen molar-refractivity contribution < 1.29 is 9.21 Å². The number of carbonyl (C=O) groups excluding carboxylic acids is 1. The third-order valence-electron chi connectivity index (χ3n) is 5.39. The lowest BCUT2D eigenvalue weighted by molar-refractivity contribution is -0.132. The highest BCUT2D eigenvalue weighted by Gasteiger charge is 2.30. The summed E-state index contributed by atoms with van der Waals surface area (Å²) in [6.07, 6.45) is 8.95. The molecule has 1 N–H and O–H groups in total. The highest BCUT2D eigenvalue weighted by atomic mass is 16.3. The number of nitriles is 1. The van der Waals surface area contributed by atoms with E-state index in [4.69, 9.17) is 9.68 Å². The summed E-state index contributed by atoms with van der Waals surface area (Å²) in [5.41, 5.74) is 1.77. The van der Waals surface area contributed by atoms with Gasteiger partial charge in [0, 0.05) is 37.3 Å². The lowest BCUT2D eigenvalue weighted by atomic mass is 10.0. The van der Waals surface area contributed by atoms with E-state index < -0.39 is 0 Å². The lowest BCUT2D eigenvalue weighted by Crippen LogP contribution is -2.46. The normalized spacial score (nSPS) is 21.8. The van der Waals surface area contributed by atoms with Crippen LogP contribution in [0.25, 0.3) is 11.0 Å². The number of hydrogen-bond acceptors (Lipinski definition) is 6. The summed E-state index contributed by atoms with van der Waals surface area (Å²) in [5, 5.41) is 13.7. The number of piperidine rings is 1. The van der Waals surface area contributed by atoms with Crippen molar-refractivity contribution in [3.8, 4) is 6.07 Å². The third-order valence-corrected chi connectivity index (χ3v) is 5.39. The van der Waals surface area contributed by atoms with E-state index in [-0.39, 0.29) is 11.9 Å². The molecular formula is C19H23N5O2. The van der Waals surface area contributed by atoms with E-state index in [0.29, 0.717) is 12.6 Å². The van der Waals surface area contributed by atoms with E-state index in [9.17, 15) is 4.79 Å². The monoisotopic (exact) mass is 353 g/mol. The summed E-state index contributed by atoms with van der Waals surface area (Å²) in [6.45, 7) is 2.88. The first-order valence-corrected chi connectivity index (χ1v) is 9.24. The van der Waals surface area contributed by atoms with Gasteiger partial charge in [-0.1, -0.05) is 0 Å². The number of pyridine rings is 1. The minimum Gasteiger partial charge on any atom is -0.462 e. The quantitative estimate of drug-likeness (QED) is 0.907. The van der Waals surface area contributed by atoms with Crippen LogP contribution in [0.4, 0.5) is 5.69 Å². The molecule has 1 amide bonds. The molecule has 136 valence electrons. The molecular weight excluding hydrogens is 330 g/mol. The molecule has 1 unspecified atom stereocenters. The molecule has 1 atom stereocenters. The van der Waals surface area contributed by atoms with Crippen molar-refractivity contribution in [1.82, 2.24) is 14.8 Å². The first kappa shape index (κ1) is 16.9. The maximum atomic E-state index is 12.5. The molecule has 7 nitrogen and oxygen atoms in total. The summed E-state index contributed by atoms with van der Waals surface area (Å²) in [4.78, 5) is 20.7. The van der Waals surface area contributed by atoms with Crippen LogP contribution in [-0.4, -0.2) is 59.0 Å². The van der Waals surface area contributed by atoms with Gasteiger partial charge in [-0.25, -0.2) is 0 Å². The van der Waals surface area contributed by atoms with Gasteiger partial charge in [0.2, 0.25) is 5.91 Å². The number of anilines is 1. The average molecular weight is 353 g/mol. The van der Waals surface area contributed by atoms with Gasteiger partial charge >= 0.3 is 0 Å². The Labute approximate surface area is 152 Å². The van der Waals surface area contributed by atoms with Crippen molar-refractivity contribution in [3.63, 3.8) is 0 Å². The highest BCUT2D eigenvalue weighted by Crippen LogP contribution is 2.25. The van der Waals surface area contributed by atoms with Crippen LogP contribution in [0.3, 0.4) is 0 Å². The number of amides is 1. The number of hydrogen-bond donors (Lipinski definition) is 1. The van der Waals surface area contributed by atoms with Crippen molar-refractivity contribution in [2.24, 2.45) is 0 Å². The Morgan fingerprint density at radius 3 is 2.96 bits per heavy atom. The fraction of sp³-hybridized carbons (Fsp3) is 0.526. The van der Waals surface area contributed by atoms with Gasteiger partial charge in [-0.15, -0.1) is 0 Å². The molecule has 0 spiro atoms. The maximum Gasteiger partial charge on any atom is 0.237 e. The van der Waals surface area contributed by atoms with Crippen LogP contribution >= 0.6 is 0 Å². The Hall–Kier alpha value is -2.59. The second kappa shape index (κ2) is 7.34. The Bertz CT molecular complexity index is 819. The van der Waals surface area contributed by atoms with Crippen LogP contribution < -0.4 is 5.32 Å². The van der Waals surface area contributed by atoms with Gasteiger partial charge in [-0.2, -0.15) is 5.26 Å². The first-order chi connectivity index (χ1) is 12.7. The minimum absolute atomic E-state index is 0.0880. The molecule has 4 rings (SSSR count). The Kier molecular flexibility index (Phi) is 4.76. The molecule has 4 heterocycles. The highest BCUT2D eigenvalue weighted by molar-refractivity contribution is 5.87. The summed E-state index contributed by atoms with van der Waals surface area (Å²) in [7, 11) is 0. The van der Waals surface area contributed by atoms with Gasteiger partial charge in [0.1, 0.15) is 6.04 Å². The number of fused-ring (bicyclic) bond motifs is 1. The first-order valence-electron chi connectivity index (χ1n) is 9.24. The predicted octanol–water partition coefficient (Wildman–Crippen LogP) is 2.22. The summed E-state index contributed by atoms with van der Waals surface area (Å²) in [5.74, 6) is 0.0880. The van der Waals surface area contributed by atoms with Crippen LogP contribution in [0.5, 0.6) is 0 Å². The van der Waals surface area contributed by atoms with Crippen LogP contribution in [-0.2, 0) is 4.79 Å².